The molecule has 0 aliphatic heterocycles. The molecule has 20 heavy (non-hydrogen) atoms. The summed E-state index contributed by atoms with van der Waals surface area (Å²) in [5.41, 5.74) is 6.20. The molecule has 0 aliphatic rings. The third-order valence-corrected chi connectivity index (χ3v) is 4.96. The Balaban J connectivity index is 2.38. The van der Waals surface area contributed by atoms with Crippen molar-refractivity contribution in [2.24, 2.45) is 0 Å². The van der Waals surface area contributed by atoms with E-state index >= 15 is 0 Å². The van der Waals surface area contributed by atoms with Gasteiger partial charge in [-0.1, -0.05) is 0 Å². The van der Waals surface area contributed by atoms with Crippen molar-refractivity contribution in [3.8, 4) is 11.4 Å². The van der Waals surface area contributed by atoms with Gasteiger partial charge in [-0.25, -0.2) is 0 Å². The maximum absolute atomic E-state index is 4.52. The average molecular weight is 518 g/mol. The van der Waals surface area contributed by atoms with Crippen LogP contribution in [-0.2, 0) is 6.42 Å². The topological polar surface area (TPSA) is 25.8 Å². The summed E-state index contributed by atoms with van der Waals surface area (Å²) in [7, 11) is 0. The second-order valence-electron chi connectivity index (χ2n) is 5.04. The van der Waals surface area contributed by atoms with Crippen molar-refractivity contribution >= 4 is 6.08 Å². The van der Waals surface area contributed by atoms with Crippen LogP contribution < -0.4 is 0 Å². The second kappa shape index (κ2) is 5.79. The van der Waals surface area contributed by atoms with Gasteiger partial charge in [0.1, 0.15) is 0 Å². The van der Waals surface area contributed by atoms with Crippen LogP contribution in [0.1, 0.15) is 29.2 Å². The molecular formula is C17H19N2Rf. The van der Waals surface area contributed by atoms with Crippen molar-refractivity contribution in [1.82, 2.24) is 9.97 Å². The summed E-state index contributed by atoms with van der Waals surface area (Å²) in [4.78, 5) is 9.04. The Kier molecular flexibility index (Phi) is 3.90. The first kappa shape index (κ1) is 13.5. The van der Waals surface area contributed by atoms with Gasteiger partial charge in [0.25, 0.3) is 0 Å². The standard InChI is InChI=1S/C17H19N2.Rf/c1-5-7-16-12(3)8-15(9-13(16)4)17-18-10-14(6-2)11-19-17;/h5,7-11H,2,6H2,1,3-4H3;. The van der Waals surface area contributed by atoms with Crippen LogP contribution in [-0.4, -0.2) is 9.97 Å². The molecule has 0 atom stereocenters. The van der Waals surface area contributed by atoms with E-state index in [2.05, 4.69) is 48.1 Å². The third kappa shape index (κ3) is 2.72. The fourth-order valence-corrected chi connectivity index (χ4v) is 4.22. The van der Waals surface area contributed by atoms with Gasteiger partial charge in [0.2, 0.25) is 0 Å². The monoisotopic (exact) mass is 518 g/mol. The number of hydrogen-bond donors (Lipinski definition) is 0. The normalized spacial score (nSPS) is 11.2. The predicted molar refractivity (Wildman–Crippen MR) is 80.2 cm³/mol. The maximum atomic E-state index is 4.52. The molecule has 1 aromatic heterocycles. The Bertz CT molecular complexity index is 592. The first-order valence-electron chi connectivity index (χ1n) is 7.00. The summed E-state index contributed by atoms with van der Waals surface area (Å²) < 4.78 is 0.759. The Morgan fingerprint density at radius 3 is 2.20 bits per heavy atom. The number of aryl methyl sites for hydroxylation is 3. The number of aromatic nitrogens is 2. The van der Waals surface area contributed by atoms with Gasteiger partial charge in [0, 0.05) is 0 Å². The molecular weight excluding hydrogens is 499 g/mol. The zero-order chi connectivity index (χ0) is 14.5. The van der Waals surface area contributed by atoms with Crippen LogP contribution in [0.2, 0.25) is 6.92 Å². The molecule has 0 spiro atoms. The summed E-state index contributed by atoms with van der Waals surface area (Å²) >= 11 is 0. The first-order valence-corrected chi connectivity index (χ1v) is 11.5. The number of nitrogens with zero attached hydrogens (tertiary/aromatic N) is 2. The fraction of sp³-hybridized carbons (Fsp3) is 0.294. The molecule has 2 aromatic rings. The van der Waals surface area contributed by atoms with Crippen LogP contribution in [0.3, 0.4) is 0 Å². The van der Waals surface area contributed by atoms with Crippen molar-refractivity contribution in [3.63, 3.8) is 0 Å². The summed E-state index contributed by atoms with van der Waals surface area (Å²) in [5.74, 6) is 0.825. The Labute approximate surface area is 115 Å². The van der Waals surface area contributed by atoms with Crippen molar-refractivity contribution in [3.05, 3.63) is 52.9 Å². The van der Waals surface area contributed by atoms with Crippen molar-refractivity contribution in [2.75, 3.05) is 0 Å². The van der Waals surface area contributed by atoms with E-state index in [0.717, 1.165) is 17.8 Å². The van der Waals surface area contributed by atoms with Crippen LogP contribution in [0, 0.1) is 13.8 Å². The van der Waals surface area contributed by atoms with Gasteiger partial charge < -0.3 is 0 Å². The Morgan fingerprint density at radius 1 is 1.10 bits per heavy atom. The van der Waals surface area contributed by atoms with Gasteiger partial charge in [0.15, 0.2) is 0 Å². The molecule has 99 valence electrons. The summed E-state index contributed by atoms with van der Waals surface area (Å²) in [6.07, 6.45) is 9.32. The van der Waals surface area contributed by atoms with E-state index in [1.807, 2.05) is 19.3 Å². The molecule has 0 N–H and O–H groups in total. The van der Waals surface area contributed by atoms with E-state index in [4.69, 9.17) is 0 Å². The van der Waals surface area contributed by atoms with E-state index < -0.39 is 0 Å². The third-order valence-electron chi connectivity index (χ3n) is 3.36. The van der Waals surface area contributed by atoms with Gasteiger partial charge in [-0.05, 0) is 6.92 Å². The minimum atomic E-state index is 0.759. The number of allylic oxidation sites excluding steroid dienone is 1. The fourth-order valence-electron chi connectivity index (χ4n) is 2.37. The van der Waals surface area contributed by atoms with Crippen LogP contribution in [0.25, 0.3) is 17.5 Å². The van der Waals surface area contributed by atoms with E-state index in [-0.39, 0.29) is 0 Å². The molecule has 0 saturated carbocycles. The molecule has 0 saturated heterocycles. The van der Waals surface area contributed by atoms with Crippen LogP contribution in [0.4, 0.5) is 0 Å². The van der Waals surface area contributed by atoms with E-state index in [0.29, 0.717) is 0 Å². The average Bonchev–Trinajstić information content (AvgIpc) is 2.44. The molecule has 2 nitrogen and oxygen atoms in total. The molecule has 0 radical (unpaired) electrons. The van der Waals surface area contributed by atoms with Crippen molar-refractivity contribution in [1.29, 1.82) is 0 Å². The quantitative estimate of drug-likeness (QED) is 0.604. The molecule has 2 rings (SSSR count). The summed E-state index contributed by atoms with van der Waals surface area (Å²) in [6.45, 7) is 7.67. The molecule has 0 aliphatic carbocycles. The zero-order valence-corrected chi connectivity index (χ0v) is 18.9. The number of hydrogen-bond acceptors (Lipinski definition) is 2. The minimum absolute atomic E-state index is 0.759. The molecule has 3 heteroatoms. The predicted octanol–water partition coefficient (Wildman–Crippen LogP) is 4.30. The molecule has 0 amide bonds. The first-order chi connectivity index (χ1) is 9.65. The Morgan fingerprint density at radius 2 is 1.70 bits per heavy atom. The van der Waals surface area contributed by atoms with Gasteiger partial charge >= 0.3 is 107 Å². The second-order valence-corrected chi connectivity index (χ2v) is 8.24. The number of benzene rings is 1. The van der Waals surface area contributed by atoms with E-state index in [1.165, 1.54) is 29.2 Å². The van der Waals surface area contributed by atoms with Crippen molar-refractivity contribution in [2.45, 2.75) is 34.1 Å². The summed E-state index contributed by atoms with van der Waals surface area (Å²) in [6, 6.07) is 4.35. The van der Waals surface area contributed by atoms with Gasteiger partial charge in [-0.2, -0.15) is 0 Å². The summed E-state index contributed by atoms with van der Waals surface area (Å²) in [5, 5.41) is 0. The van der Waals surface area contributed by atoms with E-state index in [1.54, 1.807) is 0 Å². The molecule has 1 aromatic carbocycles. The van der Waals surface area contributed by atoms with E-state index in [9.17, 15) is 0 Å². The zero-order valence-electron chi connectivity index (χ0n) is 12.5. The molecule has 0 fully saturated rings. The van der Waals surface area contributed by atoms with Crippen LogP contribution in [0.15, 0.2) is 30.6 Å². The van der Waals surface area contributed by atoms with Gasteiger partial charge in [-0.15, -0.1) is 0 Å². The molecule has 0 bridgehead atoms. The van der Waals surface area contributed by atoms with Gasteiger partial charge in [-0.3, -0.25) is 0 Å². The SMILES string of the molecule is CC=Cc1c(C)cc(-c2ncc(C[CH2][Rf])cn2)cc1C. The molecule has 0 unspecified atom stereocenters. The van der Waals surface area contributed by atoms with Crippen molar-refractivity contribution < 1.29 is 0 Å². The van der Waals surface area contributed by atoms with Crippen LogP contribution >= 0.6 is 0 Å². The van der Waals surface area contributed by atoms with Crippen LogP contribution in [0.5, 0.6) is 0 Å². The number of rotatable bonds is 4. The van der Waals surface area contributed by atoms with Gasteiger partial charge in [0.05, 0.1) is 0 Å². The Hall–Kier alpha value is -2.96. The molecule has 1 heterocycles.